The minimum absolute atomic E-state index is 0.867. The summed E-state index contributed by atoms with van der Waals surface area (Å²) in [7, 11) is 0. The third kappa shape index (κ3) is 3.96. The van der Waals surface area contributed by atoms with E-state index in [-0.39, 0.29) is 0 Å². The van der Waals surface area contributed by atoms with Crippen LogP contribution in [0.1, 0.15) is 0 Å². The van der Waals surface area contributed by atoms with Crippen molar-refractivity contribution in [1.29, 1.82) is 0 Å². The summed E-state index contributed by atoms with van der Waals surface area (Å²) in [4.78, 5) is 0. The molecule has 0 radical (unpaired) electrons. The Morgan fingerprint density at radius 2 is 0.780 bits per heavy atom. The lowest BCUT2D eigenvalue weighted by Gasteiger charge is -2.19. The van der Waals surface area contributed by atoms with Gasteiger partial charge in [0.05, 0.1) is 0 Å². The highest BCUT2D eigenvalue weighted by atomic mass is 16.3. The molecule has 0 saturated carbocycles. The predicted octanol–water partition coefficient (Wildman–Crippen LogP) is 13.9. The molecule has 0 aliphatic rings. The van der Waals surface area contributed by atoms with E-state index >= 15 is 0 Å². The molecule has 0 unspecified atom stereocenters. The molecular formula is C48H28O2. The second-order valence-corrected chi connectivity index (χ2v) is 13.2. The zero-order chi connectivity index (χ0) is 32.8. The summed E-state index contributed by atoms with van der Waals surface area (Å²) in [5.74, 6) is 0. The topological polar surface area (TPSA) is 26.3 Å². The summed E-state index contributed by atoms with van der Waals surface area (Å²) in [6, 6.07) is 61.0. The maximum absolute atomic E-state index is 6.57. The molecule has 2 nitrogen and oxygen atoms in total. The largest absolute Gasteiger partial charge is 0.456 e. The molecule has 0 saturated heterocycles. The molecule has 2 aromatic heterocycles. The van der Waals surface area contributed by atoms with Gasteiger partial charge in [0.1, 0.15) is 22.3 Å². The molecule has 0 amide bonds. The van der Waals surface area contributed by atoms with Crippen molar-refractivity contribution in [3.63, 3.8) is 0 Å². The summed E-state index contributed by atoms with van der Waals surface area (Å²) < 4.78 is 12.8. The van der Waals surface area contributed by atoms with Crippen LogP contribution in [0.15, 0.2) is 179 Å². The summed E-state index contributed by atoms with van der Waals surface area (Å²) in [6.07, 6.45) is 0. The van der Waals surface area contributed by atoms with Gasteiger partial charge in [0.2, 0.25) is 0 Å². The average molecular weight is 637 g/mol. The lowest BCUT2D eigenvalue weighted by atomic mass is 9.84. The van der Waals surface area contributed by atoms with E-state index in [1.54, 1.807) is 0 Å². The van der Waals surface area contributed by atoms with Crippen LogP contribution in [0.5, 0.6) is 0 Å². The van der Waals surface area contributed by atoms with Crippen LogP contribution in [0.2, 0.25) is 0 Å². The Balaban J connectivity index is 1.16. The second kappa shape index (κ2) is 10.4. The van der Waals surface area contributed by atoms with Crippen LogP contribution in [0, 0.1) is 0 Å². The maximum atomic E-state index is 6.57. The van der Waals surface area contributed by atoms with E-state index in [0.717, 1.165) is 55.0 Å². The van der Waals surface area contributed by atoms with Gasteiger partial charge in [-0.25, -0.2) is 0 Å². The second-order valence-electron chi connectivity index (χ2n) is 13.2. The summed E-state index contributed by atoms with van der Waals surface area (Å²) in [5.41, 5.74) is 10.8. The van der Waals surface area contributed by atoms with E-state index < -0.39 is 0 Å². The number of fused-ring (bicyclic) bond motifs is 9. The van der Waals surface area contributed by atoms with E-state index in [0.29, 0.717) is 0 Å². The minimum Gasteiger partial charge on any atom is -0.456 e. The highest BCUT2D eigenvalue weighted by Crippen LogP contribution is 2.46. The quantitative estimate of drug-likeness (QED) is 0.180. The zero-order valence-electron chi connectivity index (χ0n) is 27.0. The molecular weight excluding hydrogens is 609 g/mol. The molecule has 11 aromatic rings. The molecule has 0 aliphatic heterocycles. The maximum Gasteiger partial charge on any atom is 0.136 e. The number of para-hydroxylation sites is 1. The van der Waals surface area contributed by atoms with Crippen LogP contribution >= 0.6 is 0 Å². The van der Waals surface area contributed by atoms with E-state index in [1.807, 2.05) is 18.2 Å². The van der Waals surface area contributed by atoms with Gasteiger partial charge in [0.15, 0.2) is 0 Å². The Bertz CT molecular complexity index is 3080. The predicted molar refractivity (Wildman–Crippen MR) is 210 cm³/mol. The standard InChI is InChI=1S/C48H28O2/c1-2-12-29(13-3-1)47-36-17-6-8-19-38(36)48(39-20-9-7-18-37(39)47)42-25-32(24-31-14-4-5-15-33(31)42)30-22-23-35-41-28-45-40(27-46(41)50-44(35)26-30)34-16-10-11-21-43(34)49-45/h1-28H. The molecule has 232 valence electrons. The first-order chi connectivity index (χ1) is 24.8. The molecule has 50 heavy (non-hydrogen) atoms. The molecule has 9 aromatic carbocycles. The Morgan fingerprint density at radius 3 is 1.48 bits per heavy atom. The van der Waals surface area contributed by atoms with E-state index in [9.17, 15) is 0 Å². The zero-order valence-corrected chi connectivity index (χ0v) is 27.0. The van der Waals surface area contributed by atoms with Gasteiger partial charge in [0, 0.05) is 21.5 Å². The van der Waals surface area contributed by atoms with Gasteiger partial charge in [-0.3, -0.25) is 0 Å². The van der Waals surface area contributed by atoms with Gasteiger partial charge in [-0.05, 0) is 108 Å². The molecule has 2 heterocycles. The number of hydrogen-bond acceptors (Lipinski definition) is 2. The molecule has 2 heteroatoms. The molecule has 0 bridgehead atoms. The fraction of sp³-hybridized carbons (Fsp3) is 0. The third-order valence-corrected chi connectivity index (χ3v) is 10.4. The van der Waals surface area contributed by atoms with Crippen LogP contribution in [-0.2, 0) is 0 Å². The van der Waals surface area contributed by atoms with Crippen molar-refractivity contribution in [1.82, 2.24) is 0 Å². The van der Waals surface area contributed by atoms with Crippen LogP contribution < -0.4 is 0 Å². The van der Waals surface area contributed by atoms with Crippen molar-refractivity contribution < 1.29 is 8.83 Å². The summed E-state index contributed by atoms with van der Waals surface area (Å²) in [5, 5.41) is 11.8. The van der Waals surface area contributed by atoms with E-state index in [2.05, 4.69) is 152 Å². The molecule has 0 aliphatic carbocycles. The minimum atomic E-state index is 0.867. The first kappa shape index (κ1) is 27.3. The van der Waals surface area contributed by atoms with Gasteiger partial charge in [-0.15, -0.1) is 0 Å². The van der Waals surface area contributed by atoms with Crippen molar-refractivity contribution in [3.05, 3.63) is 170 Å². The lowest BCUT2D eigenvalue weighted by molar-refractivity contribution is 0.664. The monoisotopic (exact) mass is 636 g/mol. The van der Waals surface area contributed by atoms with E-state index in [1.165, 1.54) is 54.6 Å². The normalized spacial score (nSPS) is 12.0. The number of hydrogen-bond donors (Lipinski definition) is 0. The van der Waals surface area contributed by atoms with Gasteiger partial charge < -0.3 is 8.83 Å². The number of furan rings is 2. The fourth-order valence-corrected chi connectivity index (χ4v) is 8.19. The van der Waals surface area contributed by atoms with Crippen LogP contribution in [0.25, 0.3) is 110 Å². The van der Waals surface area contributed by atoms with Gasteiger partial charge in [0.25, 0.3) is 0 Å². The Morgan fingerprint density at radius 1 is 0.260 bits per heavy atom. The SMILES string of the molecule is c1ccc(-c2c3ccccc3c(-c3cc(-c4ccc5c(c4)oc4cc6c(cc45)oc4ccccc46)cc4ccccc34)c3ccccc23)cc1. The summed E-state index contributed by atoms with van der Waals surface area (Å²) >= 11 is 0. The third-order valence-electron chi connectivity index (χ3n) is 10.4. The molecule has 0 fully saturated rings. The molecule has 11 rings (SSSR count). The molecule has 0 atom stereocenters. The Labute approximate surface area is 287 Å². The molecule has 0 N–H and O–H groups in total. The van der Waals surface area contributed by atoms with Crippen LogP contribution in [0.4, 0.5) is 0 Å². The number of benzene rings is 9. The highest BCUT2D eigenvalue weighted by molar-refractivity contribution is 6.24. The van der Waals surface area contributed by atoms with Crippen molar-refractivity contribution in [2.45, 2.75) is 0 Å². The van der Waals surface area contributed by atoms with Crippen LogP contribution in [-0.4, -0.2) is 0 Å². The van der Waals surface area contributed by atoms with Gasteiger partial charge in [-0.1, -0.05) is 127 Å². The van der Waals surface area contributed by atoms with Crippen LogP contribution in [0.3, 0.4) is 0 Å². The van der Waals surface area contributed by atoms with Crippen molar-refractivity contribution >= 4 is 76.2 Å². The Kier molecular flexibility index (Phi) is 5.70. The number of rotatable bonds is 3. The molecule has 0 spiro atoms. The highest BCUT2D eigenvalue weighted by Gasteiger charge is 2.19. The lowest BCUT2D eigenvalue weighted by Crippen LogP contribution is -1.92. The first-order valence-electron chi connectivity index (χ1n) is 17.1. The Hall–Kier alpha value is -6.64. The fourth-order valence-electron chi connectivity index (χ4n) is 8.19. The average Bonchev–Trinajstić information content (AvgIpc) is 3.72. The summed E-state index contributed by atoms with van der Waals surface area (Å²) in [6.45, 7) is 0. The first-order valence-corrected chi connectivity index (χ1v) is 17.1. The van der Waals surface area contributed by atoms with E-state index in [4.69, 9.17) is 8.83 Å². The van der Waals surface area contributed by atoms with Crippen molar-refractivity contribution in [3.8, 4) is 33.4 Å². The van der Waals surface area contributed by atoms with Gasteiger partial charge >= 0.3 is 0 Å². The van der Waals surface area contributed by atoms with Crippen molar-refractivity contribution in [2.75, 3.05) is 0 Å². The smallest absolute Gasteiger partial charge is 0.136 e. The van der Waals surface area contributed by atoms with Crippen molar-refractivity contribution in [2.24, 2.45) is 0 Å². The van der Waals surface area contributed by atoms with Gasteiger partial charge in [-0.2, -0.15) is 0 Å².